The Morgan fingerprint density at radius 2 is 1.95 bits per heavy atom. The molecule has 0 heterocycles. The Morgan fingerprint density at radius 3 is 2.53 bits per heavy atom. The first kappa shape index (κ1) is 14.4. The van der Waals surface area contributed by atoms with Crippen molar-refractivity contribution in [2.75, 3.05) is 7.11 Å². The number of ketones is 1. The van der Waals surface area contributed by atoms with Gasteiger partial charge in [0.15, 0.2) is 5.78 Å². The first-order valence-electron chi connectivity index (χ1n) is 7.07. The lowest BCUT2D eigenvalue weighted by Gasteiger charge is -2.13. The van der Waals surface area contributed by atoms with Crippen molar-refractivity contribution in [2.45, 2.75) is 44.9 Å². The lowest BCUT2D eigenvalue weighted by molar-refractivity contribution is 0.0957. The van der Waals surface area contributed by atoms with Crippen molar-refractivity contribution >= 4 is 17.4 Å². The van der Waals surface area contributed by atoms with Crippen LogP contribution < -0.4 is 4.74 Å². The predicted octanol–water partition coefficient (Wildman–Crippen LogP) is 4.89. The summed E-state index contributed by atoms with van der Waals surface area (Å²) in [5, 5.41) is 0.498. The standard InChI is InChI=1S/C16H21ClO2/c1-19-13-8-9-14(15(17)11-13)16(18)10-12-6-4-2-3-5-7-12/h8-9,11-12H,2-7,10H2,1H3. The van der Waals surface area contributed by atoms with Crippen molar-refractivity contribution in [1.82, 2.24) is 0 Å². The third-order valence-electron chi connectivity index (χ3n) is 3.93. The molecule has 1 saturated carbocycles. The molecule has 2 rings (SSSR count). The maximum atomic E-state index is 12.3. The number of benzene rings is 1. The molecule has 1 aliphatic carbocycles. The number of hydrogen-bond acceptors (Lipinski definition) is 2. The zero-order valence-corrected chi connectivity index (χ0v) is 12.2. The molecule has 1 aliphatic rings. The number of hydrogen-bond donors (Lipinski definition) is 0. The second-order valence-corrected chi connectivity index (χ2v) is 5.74. The van der Waals surface area contributed by atoms with Crippen molar-refractivity contribution in [1.29, 1.82) is 0 Å². The van der Waals surface area contributed by atoms with Gasteiger partial charge in [0.05, 0.1) is 12.1 Å². The number of methoxy groups -OCH3 is 1. The molecule has 3 heteroatoms. The van der Waals surface area contributed by atoms with Crippen LogP contribution in [-0.2, 0) is 0 Å². The van der Waals surface area contributed by atoms with E-state index in [0.717, 1.165) is 0 Å². The van der Waals surface area contributed by atoms with Crippen molar-refractivity contribution in [3.05, 3.63) is 28.8 Å². The van der Waals surface area contributed by atoms with Crippen LogP contribution in [0.1, 0.15) is 55.3 Å². The van der Waals surface area contributed by atoms with E-state index in [1.807, 2.05) is 0 Å². The SMILES string of the molecule is COc1ccc(C(=O)CC2CCCCCC2)c(Cl)c1. The molecule has 0 spiro atoms. The van der Waals surface area contributed by atoms with Crippen LogP contribution in [0.4, 0.5) is 0 Å². The largest absolute Gasteiger partial charge is 0.497 e. The van der Waals surface area contributed by atoms with E-state index in [2.05, 4.69) is 0 Å². The first-order chi connectivity index (χ1) is 9.20. The summed E-state index contributed by atoms with van der Waals surface area (Å²) in [5.41, 5.74) is 0.631. The highest BCUT2D eigenvalue weighted by Gasteiger charge is 2.19. The fourth-order valence-corrected chi connectivity index (χ4v) is 3.07. The number of carbonyl (C=O) groups excluding carboxylic acids is 1. The highest BCUT2D eigenvalue weighted by Crippen LogP contribution is 2.29. The van der Waals surface area contributed by atoms with Crippen LogP contribution >= 0.6 is 11.6 Å². The summed E-state index contributed by atoms with van der Waals surface area (Å²) in [5.74, 6) is 1.39. The molecule has 0 unspecified atom stereocenters. The van der Waals surface area contributed by atoms with Crippen LogP contribution in [0.3, 0.4) is 0 Å². The van der Waals surface area contributed by atoms with Crippen LogP contribution in [0.5, 0.6) is 5.75 Å². The summed E-state index contributed by atoms with van der Waals surface area (Å²) in [6, 6.07) is 5.29. The second kappa shape index (κ2) is 6.95. The maximum absolute atomic E-state index is 12.3. The minimum atomic E-state index is 0.166. The molecule has 0 amide bonds. The number of rotatable bonds is 4. The molecule has 0 saturated heterocycles. The van der Waals surface area contributed by atoms with Crippen LogP contribution in [-0.4, -0.2) is 12.9 Å². The van der Waals surface area contributed by atoms with Gasteiger partial charge in [0.25, 0.3) is 0 Å². The van der Waals surface area contributed by atoms with Crippen LogP contribution in [0.15, 0.2) is 18.2 Å². The monoisotopic (exact) mass is 280 g/mol. The molecule has 104 valence electrons. The summed E-state index contributed by atoms with van der Waals surface area (Å²) >= 11 is 6.15. The van der Waals surface area contributed by atoms with Gasteiger partial charge < -0.3 is 4.74 Å². The molecule has 1 aromatic carbocycles. The van der Waals surface area contributed by atoms with E-state index in [4.69, 9.17) is 16.3 Å². The minimum absolute atomic E-state index is 0.166. The van der Waals surface area contributed by atoms with Crippen molar-refractivity contribution < 1.29 is 9.53 Å². The van der Waals surface area contributed by atoms with Crippen LogP contribution in [0.2, 0.25) is 5.02 Å². The van der Waals surface area contributed by atoms with E-state index >= 15 is 0 Å². The number of ether oxygens (including phenoxy) is 1. The molecular formula is C16H21ClO2. The molecule has 0 aliphatic heterocycles. The molecule has 0 atom stereocenters. The Hall–Kier alpha value is -1.02. The highest BCUT2D eigenvalue weighted by molar-refractivity contribution is 6.34. The number of Topliss-reactive ketones (excluding diaryl/α,β-unsaturated/α-hetero) is 1. The van der Waals surface area contributed by atoms with Gasteiger partial charge in [-0.25, -0.2) is 0 Å². The Kier molecular flexibility index (Phi) is 5.26. The molecular weight excluding hydrogens is 260 g/mol. The molecule has 1 fully saturated rings. The third kappa shape index (κ3) is 3.97. The topological polar surface area (TPSA) is 26.3 Å². The van der Waals surface area contributed by atoms with Gasteiger partial charge in [-0.3, -0.25) is 4.79 Å². The molecule has 0 bridgehead atoms. The Balaban J connectivity index is 2.02. The van der Waals surface area contributed by atoms with Crippen LogP contribution in [0.25, 0.3) is 0 Å². The molecule has 2 nitrogen and oxygen atoms in total. The highest BCUT2D eigenvalue weighted by atomic mass is 35.5. The van der Waals surface area contributed by atoms with E-state index in [1.165, 1.54) is 38.5 Å². The maximum Gasteiger partial charge on any atom is 0.164 e. The number of halogens is 1. The summed E-state index contributed by atoms with van der Waals surface area (Å²) < 4.78 is 5.10. The zero-order chi connectivity index (χ0) is 13.7. The van der Waals surface area contributed by atoms with Gasteiger partial charge in [0, 0.05) is 12.0 Å². The van der Waals surface area contributed by atoms with E-state index in [0.29, 0.717) is 28.7 Å². The second-order valence-electron chi connectivity index (χ2n) is 5.33. The summed E-state index contributed by atoms with van der Waals surface area (Å²) in [6.45, 7) is 0. The molecule has 0 radical (unpaired) electrons. The van der Waals surface area contributed by atoms with Crippen molar-refractivity contribution in [3.8, 4) is 5.75 Å². The summed E-state index contributed by atoms with van der Waals surface area (Å²) in [4.78, 5) is 12.3. The van der Waals surface area contributed by atoms with E-state index in [-0.39, 0.29) is 5.78 Å². The number of carbonyl (C=O) groups is 1. The van der Waals surface area contributed by atoms with Crippen LogP contribution in [0, 0.1) is 5.92 Å². The molecule has 1 aromatic rings. The van der Waals surface area contributed by atoms with Gasteiger partial charge in [-0.2, -0.15) is 0 Å². The Morgan fingerprint density at radius 1 is 1.26 bits per heavy atom. The zero-order valence-electron chi connectivity index (χ0n) is 11.5. The quantitative estimate of drug-likeness (QED) is 0.580. The third-order valence-corrected chi connectivity index (χ3v) is 4.24. The van der Waals surface area contributed by atoms with Gasteiger partial charge in [-0.15, -0.1) is 0 Å². The van der Waals surface area contributed by atoms with Gasteiger partial charge in [-0.05, 0) is 24.1 Å². The Labute approximate surface area is 120 Å². The summed E-state index contributed by atoms with van der Waals surface area (Å²) in [7, 11) is 1.60. The lowest BCUT2D eigenvalue weighted by Crippen LogP contribution is -2.09. The average molecular weight is 281 g/mol. The van der Waals surface area contributed by atoms with Gasteiger partial charge >= 0.3 is 0 Å². The average Bonchev–Trinajstić information content (AvgIpc) is 2.67. The normalized spacial score (nSPS) is 16.9. The van der Waals surface area contributed by atoms with Gasteiger partial charge in [-0.1, -0.05) is 50.1 Å². The smallest absolute Gasteiger partial charge is 0.164 e. The molecule has 0 N–H and O–H groups in total. The lowest BCUT2D eigenvalue weighted by atomic mass is 9.92. The first-order valence-corrected chi connectivity index (χ1v) is 7.45. The van der Waals surface area contributed by atoms with Crippen molar-refractivity contribution in [3.63, 3.8) is 0 Å². The minimum Gasteiger partial charge on any atom is -0.497 e. The summed E-state index contributed by atoms with van der Waals surface area (Å²) in [6.07, 6.45) is 8.13. The molecule has 19 heavy (non-hydrogen) atoms. The predicted molar refractivity (Wildman–Crippen MR) is 78.1 cm³/mol. The van der Waals surface area contributed by atoms with Crippen molar-refractivity contribution in [2.24, 2.45) is 5.92 Å². The van der Waals surface area contributed by atoms with E-state index in [9.17, 15) is 4.79 Å². The van der Waals surface area contributed by atoms with E-state index < -0.39 is 0 Å². The Bertz CT molecular complexity index is 434. The fourth-order valence-electron chi connectivity index (χ4n) is 2.79. The fraction of sp³-hybridized carbons (Fsp3) is 0.562. The molecule has 0 aromatic heterocycles. The van der Waals surface area contributed by atoms with Gasteiger partial charge in [0.1, 0.15) is 5.75 Å². The van der Waals surface area contributed by atoms with E-state index in [1.54, 1.807) is 25.3 Å². The van der Waals surface area contributed by atoms with Gasteiger partial charge in [0.2, 0.25) is 0 Å².